The highest BCUT2D eigenvalue weighted by molar-refractivity contribution is 5.94. The van der Waals surface area contributed by atoms with Crippen LogP contribution in [0.1, 0.15) is 36.2 Å². The van der Waals surface area contributed by atoms with Crippen LogP contribution in [0.25, 0.3) is 11.3 Å². The lowest BCUT2D eigenvalue weighted by molar-refractivity contribution is 0.0629. The number of piperidine rings is 1. The van der Waals surface area contributed by atoms with Crippen LogP contribution in [0.2, 0.25) is 0 Å². The first-order valence-corrected chi connectivity index (χ1v) is 8.35. The summed E-state index contributed by atoms with van der Waals surface area (Å²) in [6.45, 7) is 4.11. The summed E-state index contributed by atoms with van der Waals surface area (Å²) >= 11 is 0. The van der Waals surface area contributed by atoms with Gasteiger partial charge in [0.1, 0.15) is 11.4 Å². The molecule has 3 heterocycles. The van der Waals surface area contributed by atoms with Crippen molar-refractivity contribution in [2.24, 2.45) is 0 Å². The summed E-state index contributed by atoms with van der Waals surface area (Å²) < 4.78 is 5.38. The topological polar surface area (TPSA) is 58.2 Å². The third-order valence-electron chi connectivity index (χ3n) is 5.09. The molecule has 2 atom stereocenters. The maximum atomic E-state index is 13.0. The van der Waals surface area contributed by atoms with Gasteiger partial charge >= 0.3 is 0 Å². The maximum Gasteiger partial charge on any atom is 0.272 e. The molecule has 5 nitrogen and oxygen atoms in total. The van der Waals surface area contributed by atoms with Crippen molar-refractivity contribution in [3.63, 3.8) is 0 Å². The number of rotatable bonds is 3. The van der Waals surface area contributed by atoms with E-state index in [2.05, 4.69) is 16.8 Å². The highest BCUT2D eigenvalue weighted by Crippen LogP contribution is 2.38. The molecule has 0 radical (unpaired) electrons. The first-order valence-electron chi connectivity index (χ1n) is 8.35. The van der Waals surface area contributed by atoms with E-state index in [9.17, 15) is 4.79 Å². The van der Waals surface area contributed by atoms with Crippen molar-refractivity contribution in [3.8, 4) is 17.0 Å². The van der Waals surface area contributed by atoms with Crippen molar-refractivity contribution in [2.45, 2.75) is 37.8 Å². The molecule has 1 aromatic carbocycles. The number of nitrogens with zero attached hydrogens (tertiary/aromatic N) is 2. The van der Waals surface area contributed by atoms with Crippen LogP contribution >= 0.6 is 0 Å². The molecule has 2 aliphatic heterocycles. The van der Waals surface area contributed by atoms with E-state index >= 15 is 0 Å². The third-order valence-corrected chi connectivity index (χ3v) is 5.09. The van der Waals surface area contributed by atoms with E-state index in [0.29, 0.717) is 17.8 Å². The highest BCUT2D eigenvalue weighted by atomic mass is 16.5. The minimum absolute atomic E-state index is 0.0450. The fourth-order valence-electron chi connectivity index (χ4n) is 4.01. The number of carbonyl (C=O) groups excluding carboxylic acids is 1. The number of ether oxygens (including phenoxy) is 1. The number of hydrogen-bond donors (Lipinski definition) is 1. The lowest BCUT2D eigenvalue weighted by Gasteiger charge is -2.35. The molecule has 1 N–H and O–H groups in total. The van der Waals surface area contributed by atoms with E-state index in [1.807, 2.05) is 35.2 Å². The summed E-state index contributed by atoms with van der Waals surface area (Å²) in [5.41, 5.74) is 3.42. The number of aromatic nitrogens is 2. The molecule has 2 unspecified atom stereocenters. The Labute approximate surface area is 141 Å². The summed E-state index contributed by atoms with van der Waals surface area (Å²) in [7, 11) is 1.63. The molecule has 2 bridgehead atoms. The second-order valence-electron chi connectivity index (χ2n) is 6.62. The summed E-state index contributed by atoms with van der Waals surface area (Å²) in [5, 5.41) is 7.24. The fraction of sp³-hybridized carbons (Fsp3) is 0.368. The molecule has 2 fully saturated rings. The number of amides is 1. The Bertz CT molecular complexity index is 779. The number of fused-ring (bicyclic) bond motifs is 2. The molecular weight excluding hydrogens is 302 g/mol. The van der Waals surface area contributed by atoms with Crippen LogP contribution in [0.3, 0.4) is 0 Å². The smallest absolute Gasteiger partial charge is 0.272 e. The molecule has 4 rings (SSSR count). The number of para-hydroxylation sites is 1. The molecule has 24 heavy (non-hydrogen) atoms. The van der Waals surface area contributed by atoms with Crippen LogP contribution in [0.15, 0.2) is 42.5 Å². The van der Waals surface area contributed by atoms with Gasteiger partial charge in [0.2, 0.25) is 0 Å². The number of hydrogen-bond acceptors (Lipinski definition) is 3. The van der Waals surface area contributed by atoms with Crippen LogP contribution < -0.4 is 4.74 Å². The monoisotopic (exact) mass is 323 g/mol. The van der Waals surface area contributed by atoms with Gasteiger partial charge in [0, 0.05) is 17.6 Å². The number of benzene rings is 1. The molecule has 0 spiro atoms. The van der Waals surface area contributed by atoms with Crippen LogP contribution in [-0.4, -0.2) is 40.2 Å². The Morgan fingerprint density at radius 3 is 2.71 bits per heavy atom. The summed E-state index contributed by atoms with van der Waals surface area (Å²) in [6, 6.07) is 10.1. The van der Waals surface area contributed by atoms with Crippen molar-refractivity contribution in [1.82, 2.24) is 15.1 Å². The van der Waals surface area contributed by atoms with Crippen LogP contribution in [0, 0.1) is 0 Å². The largest absolute Gasteiger partial charge is 0.496 e. The predicted molar refractivity (Wildman–Crippen MR) is 91.9 cm³/mol. The van der Waals surface area contributed by atoms with Gasteiger partial charge < -0.3 is 9.64 Å². The van der Waals surface area contributed by atoms with Crippen LogP contribution in [0.5, 0.6) is 5.75 Å². The number of carbonyl (C=O) groups is 1. The molecule has 2 saturated heterocycles. The van der Waals surface area contributed by atoms with E-state index in [1.165, 1.54) is 5.57 Å². The molecule has 5 heteroatoms. The van der Waals surface area contributed by atoms with E-state index in [-0.39, 0.29) is 5.91 Å². The predicted octanol–water partition coefficient (Wildman–Crippen LogP) is 3.41. The Kier molecular flexibility index (Phi) is 3.63. The molecule has 0 saturated carbocycles. The average molecular weight is 323 g/mol. The molecule has 2 aromatic rings. The van der Waals surface area contributed by atoms with Crippen molar-refractivity contribution in [3.05, 3.63) is 48.2 Å². The molecule has 1 amide bonds. The van der Waals surface area contributed by atoms with Gasteiger partial charge in [-0.05, 0) is 43.9 Å². The Morgan fingerprint density at radius 2 is 2.00 bits per heavy atom. The van der Waals surface area contributed by atoms with Gasteiger partial charge in [-0.3, -0.25) is 9.89 Å². The van der Waals surface area contributed by atoms with Gasteiger partial charge in [0.25, 0.3) is 5.91 Å². The average Bonchev–Trinajstić information content (AvgIpc) is 3.18. The van der Waals surface area contributed by atoms with E-state index in [1.54, 1.807) is 7.11 Å². The quantitative estimate of drug-likeness (QED) is 0.881. The minimum Gasteiger partial charge on any atom is -0.496 e. The number of H-pyrrole nitrogens is 1. The lowest BCUT2D eigenvalue weighted by atomic mass is 9.98. The van der Waals surface area contributed by atoms with Crippen molar-refractivity contribution < 1.29 is 9.53 Å². The van der Waals surface area contributed by atoms with Gasteiger partial charge in [-0.2, -0.15) is 5.10 Å². The standard InChI is InChI=1S/C19H21N3O2/c1-12-9-13-7-8-14(10-12)22(13)19(23)17-11-16(20-21-17)15-5-3-4-6-18(15)24-2/h3-6,11,13-14H,1,7-10H2,2H3,(H,20,21). The second kappa shape index (κ2) is 5.82. The number of methoxy groups -OCH3 is 1. The highest BCUT2D eigenvalue weighted by Gasteiger charge is 2.41. The van der Waals surface area contributed by atoms with Gasteiger partial charge in [0.15, 0.2) is 0 Å². The van der Waals surface area contributed by atoms with E-state index in [0.717, 1.165) is 42.7 Å². The first-order chi connectivity index (χ1) is 11.7. The van der Waals surface area contributed by atoms with Gasteiger partial charge in [-0.1, -0.05) is 24.3 Å². The molecule has 0 aliphatic carbocycles. The Balaban J connectivity index is 1.61. The lowest BCUT2D eigenvalue weighted by Crippen LogP contribution is -2.44. The minimum atomic E-state index is 0.0450. The van der Waals surface area contributed by atoms with Gasteiger partial charge in [-0.25, -0.2) is 0 Å². The summed E-state index contributed by atoms with van der Waals surface area (Å²) in [6.07, 6.45) is 4.00. The summed E-state index contributed by atoms with van der Waals surface area (Å²) in [5.74, 6) is 0.793. The molecule has 2 aliphatic rings. The summed E-state index contributed by atoms with van der Waals surface area (Å²) in [4.78, 5) is 15.0. The van der Waals surface area contributed by atoms with Gasteiger partial charge in [0.05, 0.1) is 12.8 Å². The molecular formula is C19H21N3O2. The molecule has 124 valence electrons. The zero-order chi connectivity index (χ0) is 16.7. The van der Waals surface area contributed by atoms with Crippen molar-refractivity contribution >= 4 is 5.91 Å². The van der Waals surface area contributed by atoms with E-state index in [4.69, 9.17) is 4.74 Å². The Morgan fingerprint density at radius 1 is 1.29 bits per heavy atom. The maximum absolute atomic E-state index is 13.0. The van der Waals surface area contributed by atoms with Crippen LogP contribution in [-0.2, 0) is 0 Å². The van der Waals surface area contributed by atoms with Gasteiger partial charge in [-0.15, -0.1) is 0 Å². The second-order valence-corrected chi connectivity index (χ2v) is 6.62. The zero-order valence-corrected chi connectivity index (χ0v) is 13.8. The van der Waals surface area contributed by atoms with Crippen LogP contribution in [0.4, 0.5) is 0 Å². The van der Waals surface area contributed by atoms with Crippen molar-refractivity contribution in [2.75, 3.05) is 7.11 Å². The third kappa shape index (κ3) is 2.40. The Hall–Kier alpha value is -2.56. The molecule has 1 aromatic heterocycles. The normalized spacial score (nSPS) is 22.7. The zero-order valence-electron chi connectivity index (χ0n) is 13.8. The SMILES string of the molecule is C=C1CC2CCC(C1)N2C(=O)c1cc(-c2ccccc2OC)n[nH]1. The van der Waals surface area contributed by atoms with Crippen molar-refractivity contribution in [1.29, 1.82) is 0 Å². The fourth-order valence-corrected chi connectivity index (χ4v) is 4.01. The van der Waals surface area contributed by atoms with E-state index < -0.39 is 0 Å². The first kappa shape index (κ1) is 15.0. The number of aromatic amines is 1. The number of nitrogens with one attached hydrogen (secondary N) is 1.